The molecule has 0 bridgehead atoms. The van der Waals surface area contributed by atoms with E-state index in [1.54, 1.807) is 0 Å². The lowest BCUT2D eigenvalue weighted by Crippen LogP contribution is -1.99. The second-order valence-electron chi connectivity index (χ2n) is 2.74. The molecule has 0 fully saturated rings. The van der Waals surface area contributed by atoms with Crippen LogP contribution in [0.5, 0.6) is 0 Å². The summed E-state index contributed by atoms with van der Waals surface area (Å²) in [5.74, 6) is 0.00625. The van der Waals surface area contributed by atoms with E-state index >= 15 is 0 Å². The highest BCUT2D eigenvalue weighted by Crippen LogP contribution is 2.04. The molecular weight excluding hydrogens is 154 g/mol. The van der Waals surface area contributed by atoms with Crippen LogP contribution in [0.25, 0.3) is 0 Å². The summed E-state index contributed by atoms with van der Waals surface area (Å²) in [5.41, 5.74) is 1.41. The van der Waals surface area contributed by atoms with Crippen molar-refractivity contribution >= 4 is 5.78 Å². The number of carbonyl (C=O) groups excluding carboxylic acids is 1. The molecule has 1 heterocycles. The third-order valence-corrected chi connectivity index (χ3v) is 1.48. The first-order valence-electron chi connectivity index (χ1n) is 3.73. The molecule has 0 saturated carbocycles. The highest BCUT2D eigenvalue weighted by molar-refractivity contribution is 5.93. The number of nitrogens with zero attached hydrogens (tertiary/aromatic N) is 2. The third-order valence-electron chi connectivity index (χ3n) is 1.48. The maximum atomic E-state index is 11.2. The third kappa shape index (κ3) is 2.30. The van der Waals surface area contributed by atoms with Crippen LogP contribution in [0.4, 0.5) is 0 Å². The van der Waals surface area contributed by atoms with Crippen LogP contribution in [0.15, 0.2) is 18.3 Å². The van der Waals surface area contributed by atoms with Gasteiger partial charge in [0, 0.05) is 6.42 Å². The van der Waals surface area contributed by atoms with E-state index < -0.39 is 0 Å². The van der Waals surface area contributed by atoms with Gasteiger partial charge < -0.3 is 0 Å². The second-order valence-corrected chi connectivity index (χ2v) is 2.74. The second kappa shape index (κ2) is 3.80. The van der Waals surface area contributed by atoms with Crippen molar-refractivity contribution < 1.29 is 4.79 Å². The molecule has 64 valence electrons. The van der Waals surface area contributed by atoms with Crippen LogP contribution in [-0.4, -0.2) is 21.2 Å². The van der Waals surface area contributed by atoms with Gasteiger partial charge in [-0.05, 0) is 13.3 Å². The average molecular weight is 165 g/mol. The van der Waals surface area contributed by atoms with E-state index in [2.05, 4.69) is 22.0 Å². The summed E-state index contributed by atoms with van der Waals surface area (Å²) in [4.78, 5) is 11.2. The van der Waals surface area contributed by atoms with Crippen molar-refractivity contribution in [3.8, 4) is 0 Å². The van der Waals surface area contributed by atoms with Crippen molar-refractivity contribution in [3.05, 3.63) is 24.0 Å². The molecule has 0 aliphatic carbocycles. The fourth-order valence-corrected chi connectivity index (χ4v) is 0.791. The van der Waals surface area contributed by atoms with Gasteiger partial charge in [0.15, 0.2) is 5.78 Å². The van der Waals surface area contributed by atoms with E-state index in [4.69, 9.17) is 0 Å². The minimum Gasteiger partial charge on any atom is -0.292 e. The van der Waals surface area contributed by atoms with E-state index in [1.165, 1.54) is 6.20 Å². The first kappa shape index (κ1) is 8.64. The zero-order chi connectivity index (χ0) is 8.97. The maximum Gasteiger partial charge on any atom is 0.185 e. The molecule has 0 aliphatic rings. The van der Waals surface area contributed by atoms with Crippen LogP contribution in [0.1, 0.15) is 30.3 Å². The summed E-state index contributed by atoms with van der Waals surface area (Å²) in [5, 5.41) is 9.62. The fraction of sp³-hybridized carbons (Fsp3) is 0.375. The van der Waals surface area contributed by atoms with Gasteiger partial charge in [-0.15, -0.1) is 6.58 Å². The average Bonchev–Trinajstić information content (AvgIpc) is 2.51. The van der Waals surface area contributed by atoms with Crippen LogP contribution in [0.3, 0.4) is 0 Å². The Hall–Kier alpha value is -1.45. The highest BCUT2D eigenvalue weighted by atomic mass is 16.1. The number of H-pyrrole nitrogens is 1. The van der Waals surface area contributed by atoms with Crippen LogP contribution in [0, 0.1) is 0 Å². The zero-order valence-electron chi connectivity index (χ0n) is 7.00. The number of aromatic amines is 1. The highest BCUT2D eigenvalue weighted by Gasteiger charge is 2.07. The van der Waals surface area contributed by atoms with Crippen molar-refractivity contribution in [3.63, 3.8) is 0 Å². The minimum atomic E-state index is 0.00625. The molecule has 1 aromatic heterocycles. The molecule has 1 N–H and O–H groups in total. The monoisotopic (exact) mass is 165 g/mol. The Morgan fingerprint density at radius 3 is 2.92 bits per heavy atom. The van der Waals surface area contributed by atoms with Gasteiger partial charge in [0.25, 0.3) is 0 Å². The number of hydrogen-bond donors (Lipinski definition) is 1. The minimum absolute atomic E-state index is 0.00625. The molecule has 0 aliphatic heterocycles. The number of hydrogen-bond acceptors (Lipinski definition) is 3. The van der Waals surface area contributed by atoms with Gasteiger partial charge in [-0.25, -0.2) is 0 Å². The SMILES string of the molecule is C=C(C)CCC(=O)c1cn[nH]n1. The zero-order valence-corrected chi connectivity index (χ0v) is 7.00. The van der Waals surface area contributed by atoms with Crippen molar-refractivity contribution in [1.29, 1.82) is 0 Å². The van der Waals surface area contributed by atoms with Crippen LogP contribution in [0.2, 0.25) is 0 Å². The van der Waals surface area contributed by atoms with Gasteiger partial charge in [-0.3, -0.25) is 4.79 Å². The molecule has 0 amide bonds. The summed E-state index contributed by atoms with van der Waals surface area (Å²) in [7, 11) is 0. The Labute approximate surface area is 70.7 Å². The van der Waals surface area contributed by atoms with E-state index in [9.17, 15) is 4.79 Å². The Morgan fingerprint density at radius 1 is 1.67 bits per heavy atom. The van der Waals surface area contributed by atoms with Crippen molar-refractivity contribution in [1.82, 2.24) is 15.4 Å². The summed E-state index contributed by atoms with van der Waals surface area (Å²) in [6.45, 7) is 5.61. The summed E-state index contributed by atoms with van der Waals surface area (Å²) in [6.07, 6.45) is 2.61. The number of rotatable bonds is 4. The molecule has 0 saturated heterocycles. The molecule has 0 spiro atoms. The van der Waals surface area contributed by atoms with Gasteiger partial charge in [-0.1, -0.05) is 5.57 Å². The number of ketones is 1. The van der Waals surface area contributed by atoms with Crippen LogP contribution in [-0.2, 0) is 0 Å². The standard InChI is InChI=1S/C8H11N3O/c1-6(2)3-4-8(12)7-5-9-11-10-7/h5H,1,3-4H2,2H3,(H,9,10,11). The predicted molar refractivity (Wildman–Crippen MR) is 44.8 cm³/mol. The Balaban J connectivity index is 2.45. The first-order chi connectivity index (χ1) is 5.70. The van der Waals surface area contributed by atoms with E-state index in [0.717, 1.165) is 5.57 Å². The Morgan fingerprint density at radius 2 is 2.42 bits per heavy atom. The molecule has 1 aromatic rings. The predicted octanol–water partition coefficient (Wildman–Crippen LogP) is 1.34. The largest absolute Gasteiger partial charge is 0.292 e. The van der Waals surface area contributed by atoms with Crippen molar-refractivity contribution in [2.24, 2.45) is 0 Å². The number of aromatic nitrogens is 3. The first-order valence-corrected chi connectivity index (χ1v) is 3.73. The summed E-state index contributed by atoms with van der Waals surface area (Å²) >= 11 is 0. The lowest BCUT2D eigenvalue weighted by Gasteiger charge is -1.95. The Bertz CT molecular complexity index is 277. The van der Waals surface area contributed by atoms with E-state index in [1.807, 2.05) is 6.92 Å². The summed E-state index contributed by atoms with van der Waals surface area (Å²) in [6, 6.07) is 0. The fourth-order valence-electron chi connectivity index (χ4n) is 0.791. The molecule has 12 heavy (non-hydrogen) atoms. The Kier molecular flexibility index (Phi) is 2.74. The number of Topliss-reactive ketones (excluding diaryl/α,β-unsaturated/α-hetero) is 1. The normalized spacial score (nSPS) is 9.75. The molecule has 0 aromatic carbocycles. The molecule has 1 rings (SSSR count). The molecule has 0 atom stereocenters. The van der Waals surface area contributed by atoms with Crippen molar-refractivity contribution in [2.75, 3.05) is 0 Å². The van der Waals surface area contributed by atoms with Crippen LogP contribution >= 0.6 is 0 Å². The van der Waals surface area contributed by atoms with Gasteiger partial charge in [-0.2, -0.15) is 15.4 Å². The molecular formula is C8H11N3O. The van der Waals surface area contributed by atoms with Gasteiger partial charge in [0.05, 0.1) is 6.20 Å². The number of allylic oxidation sites excluding steroid dienone is 1. The van der Waals surface area contributed by atoms with Gasteiger partial charge in [0.1, 0.15) is 5.69 Å². The van der Waals surface area contributed by atoms with E-state index in [0.29, 0.717) is 18.5 Å². The van der Waals surface area contributed by atoms with Gasteiger partial charge in [0.2, 0.25) is 0 Å². The van der Waals surface area contributed by atoms with Crippen LogP contribution < -0.4 is 0 Å². The summed E-state index contributed by atoms with van der Waals surface area (Å²) < 4.78 is 0. The molecule has 4 nitrogen and oxygen atoms in total. The molecule has 0 unspecified atom stereocenters. The molecule has 0 radical (unpaired) electrons. The quantitative estimate of drug-likeness (QED) is 0.541. The molecule has 4 heteroatoms. The number of carbonyl (C=O) groups is 1. The maximum absolute atomic E-state index is 11.2. The van der Waals surface area contributed by atoms with Crippen molar-refractivity contribution in [2.45, 2.75) is 19.8 Å². The smallest absolute Gasteiger partial charge is 0.185 e. The van der Waals surface area contributed by atoms with Gasteiger partial charge >= 0.3 is 0 Å². The lowest BCUT2D eigenvalue weighted by atomic mass is 10.1. The number of nitrogens with one attached hydrogen (secondary N) is 1. The topological polar surface area (TPSA) is 58.6 Å². The van der Waals surface area contributed by atoms with E-state index in [-0.39, 0.29) is 5.78 Å². The lowest BCUT2D eigenvalue weighted by molar-refractivity contribution is 0.0978.